The molecule has 2 saturated heterocycles. The molecule has 5 heteroatoms. The molecule has 2 aliphatic rings. The molecule has 1 aromatic carbocycles. The highest BCUT2D eigenvalue weighted by atomic mass is 19.1. The van der Waals surface area contributed by atoms with Gasteiger partial charge in [-0.25, -0.2) is 4.39 Å². The predicted octanol–water partition coefficient (Wildman–Crippen LogP) is 4.05. The summed E-state index contributed by atoms with van der Waals surface area (Å²) in [5, 5.41) is 0. The fourth-order valence-corrected chi connectivity index (χ4v) is 4.92. The fourth-order valence-electron chi connectivity index (χ4n) is 4.92. The number of amides is 1. The Balaban J connectivity index is 1.55. The molecule has 0 N–H and O–H groups in total. The lowest BCUT2D eigenvalue weighted by Gasteiger charge is -2.41. The summed E-state index contributed by atoms with van der Waals surface area (Å²) in [6, 6.07) is 11.0. The second-order valence-electron chi connectivity index (χ2n) is 8.45. The number of piperidine rings is 1. The first-order valence-electron chi connectivity index (χ1n) is 9.62. The third kappa shape index (κ3) is 3.31. The first kappa shape index (κ1) is 18.0. The summed E-state index contributed by atoms with van der Waals surface area (Å²) in [5.74, 6) is 0.190. The third-order valence-corrected chi connectivity index (χ3v) is 5.95. The molecule has 4 rings (SSSR count). The van der Waals surface area contributed by atoms with Gasteiger partial charge in [0.05, 0.1) is 0 Å². The Morgan fingerprint density at radius 3 is 2.81 bits per heavy atom. The minimum absolute atomic E-state index is 0.0131. The molecule has 4 nitrogen and oxygen atoms in total. The standard InChI is InChI=1S/C22H26FN3O/c1-15-7-9-24-19(11-15)21(27)25-10-8-20-16(14-25)13-22(2,3)26(20)18-6-4-5-17(23)12-18/h4-7,9,11-12,16,20H,8,10,13-14H2,1-3H3/t16-,20+/m1/s1. The maximum absolute atomic E-state index is 13.8. The lowest BCUT2D eigenvalue weighted by Crippen LogP contribution is -2.50. The van der Waals surface area contributed by atoms with Crippen LogP contribution in [-0.2, 0) is 0 Å². The molecule has 0 unspecified atom stereocenters. The second kappa shape index (κ2) is 6.63. The molecule has 2 aromatic rings. The maximum Gasteiger partial charge on any atom is 0.272 e. The van der Waals surface area contributed by atoms with E-state index in [-0.39, 0.29) is 17.3 Å². The van der Waals surface area contributed by atoms with Crippen molar-refractivity contribution < 1.29 is 9.18 Å². The molecule has 0 spiro atoms. The summed E-state index contributed by atoms with van der Waals surface area (Å²) in [5.41, 5.74) is 2.44. The first-order valence-corrected chi connectivity index (χ1v) is 9.62. The molecule has 3 heterocycles. The average Bonchev–Trinajstić information content (AvgIpc) is 2.89. The van der Waals surface area contributed by atoms with Crippen LogP contribution in [0.4, 0.5) is 10.1 Å². The molecule has 0 radical (unpaired) electrons. The molecule has 0 aliphatic carbocycles. The van der Waals surface area contributed by atoms with E-state index in [1.807, 2.05) is 30.0 Å². The van der Waals surface area contributed by atoms with E-state index in [0.29, 0.717) is 24.2 Å². The highest BCUT2D eigenvalue weighted by Gasteiger charge is 2.48. The van der Waals surface area contributed by atoms with Crippen LogP contribution >= 0.6 is 0 Å². The van der Waals surface area contributed by atoms with Crippen molar-refractivity contribution >= 4 is 11.6 Å². The zero-order valence-electron chi connectivity index (χ0n) is 16.2. The van der Waals surface area contributed by atoms with E-state index >= 15 is 0 Å². The number of carbonyl (C=O) groups excluding carboxylic acids is 1. The van der Waals surface area contributed by atoms with Crippen molar-refractivity contribution in [2.45, 2.75) is 45.2 Å². The summed E-state index contributed by atoms with van der Waals surface area (Å²) < 4.78 is 13.8. The Morgan fingerprint density at radius 1 is 1.26 bits per heavy atom. The van der Waals surface area contributed by atoms with E-state index in [1.54, 1.807) is 18.3 Å². The van der Waals surface area contributed by atoms with Crippen LogP contribution in [0.15, 0.2) is 42.6 Å². The van der Waals surface area contributed by atoms with Crippen LogP contribution in [0.25, 0.3) is 0 Å². The van der Waals surface area contributed by atoms with Gasteiger partial charge in [-0.3, -0.25) is 9.78 Å². The summed E-state index contributed by atoms with van der Waals surface area (Å²) in [6.07, 6.45) is 3.57. The number of benzene rings is 1. The topological polar surface area (TPSA) is 36.4 Å². The molecule has 0 bridgehead atoms. The molecule has 2 aliphatic heterocycles. The van der Waals surface area contributed by atoms with Crippen LogP contribution in [0.1, 0.15) is 42.7 Å². The van der Waals surface area contributed by atoms with Gasteiger partial charge in [-0.05, 0) is 75.4 Å². The monoisotopic (exact) mass is 367 g/mol. The SMILES string of the molecule is Cc1ccnc(C(=O)N2CC[C@H]3[C@@H](C2)CC(C)(C)N3c2cccc(F)c2)c1. The summed E-state index contributed by atoms with van der Waals surface area (Å²) in [7, 11) is 0. The number of hydrogen-bond acceptors (Lipinski definition) is 3. The third-order valence-electron chi connectivity index (χ3n) is 5.95. The van der Waals surface area contributed by atoms with Gasteiger partial charge in [0.15, 0.2) is 0 Å². The summed E-state index contributed by atoms with van der Waals surface area (Å²) in [6.45, 7) is 7.84. The summed E-state index contributed by atoms with van der Waals surface area (Å²) in [4.78, 5) is 21.5. The molecule has 2 fully saturated rings. The lowest BCUT2D eigenvalue weighted by molar-refractivity contribution is 0.0661. The first-order chi connectivity index (χ1) is 12.8. The largest absolute Gasteiger partial charge is 0.363 e. The molecule has 2 atom stereocenters. The number of aromatic nitrogens is 1. The molecular formula is C22H26FN3O. The van der Waals surface area contributed by atoms with Crippen LogP contribution in [0.3, 0.4) is 0 Å². The smallest absolute Gasteiger partial charge is 0.272 e. The van der Waals surface area contributed by atoms with Gasteiger partial charge in [-0.1, -0.05) is 6.07 Å². The number of rotatable bonds is 2. The Labute approximate surface area is 160 Å². The van der Waals surface area contributed by atoms with E-state index in [4.69, 9.17) is 0 Å². The van der Waals surface area contributed by atoms with Crippen LogP contribution in [0.2, 0.25) is 0 Å². The van der Waals surface area contributed by atoms with Crippen molar-refractivity contribution in [1.82, 2.24) is 9.88 Å². The van der Waals surface area contributed by atoms with Gasteiger partial charge in [0.25, 0.3) is 5.91 Å². The van der Waals surface area contributed by atoms with Gasteiger partial charge >= 0.3 is 0 Å². The molecule has 1 amide bonds. The van der Waals surface area contributed by atoms with Gasteiger partial charge in [0.2, 0.25) is 0 Å². The average molecular weight is 367 g/mol. The van der Waals surface area contributed by atoms with Gasteiger partial charge in [0, 0.05) is 36.6 Å². The van der Waals surface area contributed by atoms with E-state index in [0.717, 1.165) is 30.6 Å². The number of nitrogens with zero attached hydrogens (tertiary/aromatic N) is 3. The predicted molar refractivity (Wildman–Crippen MR) is 104 cm³/mol. The van der Waals surface area contributed by atoms with Crippen molar-refractivity contribution in [3.8, 4) is 0 Å². The number of aryl methyl sites for hydroxylation is 1. The number of likely N-dealkylation sites (tertiary alicyclic amines) is 1. The van der Waals surface area contributed by atoms with Crippen LogP contribution in [-0.4, -0.2) is 40.5 Å². The van der Waals surface area contributed by atoms with Crippen molar-refractivity contribution in [2.75, 3.05) is 18.0 Å². The number of hydrogen-bond donors (Lipinski definition) is 0. The Bertz CT molecular complexity index is 866. The molecule has 1 aromatic heterocycles. The van der Waals surface area contributed by atoms with E-state index in [2.05, 4.69) is 23.7 Å². The van der Waals surface area contributed by atoms with E-state index < -0.39 is 0 Å². The molecule has 142 valence electrons. The zero-order chi connectivity index (χ0) is 19.2. The Hall–Kier alpha value is -2.43. The fraction of sp³-hybridized carbons (Fsp3) is 0.455. The molecular weight excluding hydrogens is 341 g/mol. The number of carbonyl (C=O) groups is 1. The lowest BCUT2D eigenvalue weighted by atomic mass is 9.89. The van der Waals surface area contributed by atoms with Crippen molar-refractivity contribution in [2.24, 2.45) is 5.92 Å². The van der Waals surface area contributed by atoms with Crippen molar-refractivity contribution in [3.05, 3.63) is 59.7 Å². The number of anilines is 1. The normalized spacial score (nSPS) is 24.0. The number of pyridine rings is 1. The molecule has 0 saturated carbocycles. The minimum atomic E-state index is -0.204. The highest BCUT2D eigenvalue weighted by Crippen LogP contribution is 2.44. The van der Waals surface area contributed by atoms with Crippen molar-refractivity contribution in [3.63, 3.8) is 0 Å². The molecule has 27 heavy (non-hydrogen) atoms. The van der Waals surface area contributed by atoms with Gasteiger partial charge in [-0.2, -0.15) is 0 Å². The second-order valence-corrected chi connectivity index (χ2v) is 8.45. The Kier molecular flexibility index (Phi) is 4.41. The summed E-state index contributed by atoms with van der Waals surface area (Å²) >= 11 is 0. The van der Waals surface area contributed by atoms with Gasteiger partial charge in [0.1, 0.15) is 11.5 Å². The van der Waals surface area contributed by atoms with Crippen LogP contribution < -0.4 is 4.90 Å². The highest BCUT2D eigenvalue weighted by molar-refractivity contribution is 5.92. The Morgan fingerprint density at radius 2 is 2.07 bits per heavy atom. The van der Waals surface area contributed by atoms with Crippen LogP contribution in [0.5, 0.6) is 0 Å². The van der Waals surface area contributed by atoms with Crippen LogP contribution in [0, 0.1) is 18.7 Å². The maximum atomic E-state index is 13.8. The zero-order valence-corrected chi connectivity index (χ0v) is 16.2. The van der Waals surface area contributed by atoms with E-state index in [9.17, 15) is 9.18 Å². The number of fused-ring (bicyclic) bond motifs is 1. The van der Waals surface area contributed by atoms with Gasteiger partial charge < -0.3 is 9.80 Å². The van der Waals surface area contributed by atoms with Crippen molar-refractivity contribution in [1.29, 1.82) is 0 Å². The number of halogens is 1. The van der Waals surface area contributed by atoms with Gasteiger partial charge in [-0.15, -0.1) is 0 Å². The minimum Gasteiger partial charge on any atom is -0.363 e. The quantitative estimate of drug-likeness (QED) is 0.803. The van der Waals surface area contributed by atoms with E-state index in [1.165, 1.54) is 6.07 Å².